The Morgan fingerprint density at radius 1 is 0.933 bits per heavy atom. The van der Waals surface area contributed by atoms with Crippen molar-refractivity contribution >= 4 is 11.7 Å². The van der Waals surface area contributed by atoms with Gasteiger partial charge in [-0.25, -0.2) is 14.8 Å². The molecule has 0 spiro atoms. The molecule has 4 rings (SSSR count). The van der Waals surface area contributed by atoms with Crippen molar-refractivity contribution in [1.82, 2.24) is 19.9 Å². The monoisotopic (exact) mass is 403 g/mol. The summed E-state index contributed by atoms with van der Waals surface area (Å²) in [7, 11) is 1.35. The van der Waals surface area contributed by atoms with Gasteiger partial charge in [0.25, 0.3) is 0 Å². The maximum atomic E-state index is 11.7. The summed E-state index contributed by atoms with van der Waals surface area (Å²) in [5.41, 5.74) is 3.48. The van der Waals surface area contributed by atoms with E-state index in [1.807, 2.05) is 36.7 Å². The van der Waals surface area contributed by atoms with Crippen LogP contribution in [0, 0.1) is 0 Å². The van der Waals surface area contributed by atoms with E-state index in [4.69, 9.17) is 9.47 Å². The van der Waals surface area contributed by atoms with E-state index >= 15 is 0 Å². The predicted octanol–water partition coefficient (Wildman–Crippen LogP) is 3.92. The molecule has 4 aromatic rings. The van der Waals surface area contributed by atoms with Crippen molar-refractivity contribution < 1.29 is 14.3 Å². The number of aromatic nitrogens is 4. The average Bonchev–Trinajstić information content (AvgIpc) is 3.48. The molecule has 0 atom stereocenters. The number of rotatable bonds is 8. The van der Waals surface area contributed by atoms with E-state index in [-0.39, 0.29) is 0 Å². The Morgan fingerprint density at radius 3 is 2.17 bits per heavy atom. The highest BCUT2D eigenvalue weighted by Crippen LogP contribution is 2.26. The maximum Gasteiger partial charge on any atom is 0.337 e. The molecule has 0 aliphatic carbocycles. The van der Waals surface area contributed by atoms with Crippen LogP contribution in [-0.4, -0.2) is 33.0 Å². The molecule has 2 N–H and O–H groups in total. The highest BCUT2D eigenvalue weighted by atomic mass is 16.5. The summed E-state index contributed by atoms with van der Waals surface area (Å²) in [6.07, 6.45) is 6.96. The summed E-state index contributed by atoms with van der Waals surface area (Å²) in [6.45, 7) is 1.33. The second kappa shape index (κ2) is 8.95. The molecule has 0 amide bonds. The normalized spacial score (nSPS) is 10.6. The second-order valence-corrected chi connectivity index (χ2v) is 6.63. The second-order valence-electron chi connectivity index (χ2n) is 6.63. The first-order valence-corrected chi connectivity index (χ1v) is 9.37. The van der Waals surface area contributed by atoms with E-state index in [9.17, 15) is 4.79 Å². The van der Waals surface area contributed by atoms with E-state index < -0.39 is 5.97 Å². The lowest BCUT2D eigenvalue weighted by Crippen LogP contribution is -2.22. The number of hydrogen-bond acceptors (Lipinski definition) is 6. The zero-order valence-electron chi connectivity index (χ0n) is 16.4. The summed E-state index contributed by atoms with van der Waals surface area (Å²) < 4.78 is 10.7. The molecular weight excluding hydrogens is 382 g/mol. The Labute approximate surface area is 173 Å². The lowest BCUT2D eigenvalue weighted by atomic mass is 10.2. The minimum Gasteiger partial charge on any atom is -0.465 e. The van der Waals surface area contributed by atoms with Crippen LogP contribution in [0.2, 0.25) is 0 Å². The minimum atomic E-state index is -0.399. The Bertz CT molecular complexity index is 1040. The fraction of sp³-hybridized carbons (Fsp3) is 0.136. The van der Waals surface area contributed by atoms with Crippen LogP contribution in [0.3, 0.4) is 0 Å². The first kappa shape index (κ1) is 19.3. The Morgan fingerprint density at radius 2 is 1.60 bits per heavy atom. The van der Waals surface area contributed by atoms with Gasteiger partial charge in [-0.3, -0.25) is 0 Å². The first-order chi connectivity index (χ1) is 14.7. The van der Waals surface area contributed by atoms with E-state index in [0.717, 1.165) is 17.1 Å². The molecule has 8 nitrogen and oxygen atoms in total. The van der Waals surface area contributed by atoms with Gasteiger partial charge in [0, 0.05) is 18.1 Å². The predicted molar refractivity (Wildman–Crippen MR) is 111 cm³/mol. The van der Waals surface area contributed by atoms with Crippen LogP contribution in [0.5, 0.6) is 11.5 Å². The van der Waals surface area contributed by atoms with Gasteiger partial charge in [0.05, 0.1) is 49.8 Å². The minimum absolute atomic E-state index is 0.399. The van der Waals surface area contributed by atoms with Crippen LogP contribution >= 0.6 is 0 Å². The first-order valence-electron chi connectivity index (χ1n) is 9.37. The molecule has 0 saturated carbocycles. The lowest BCUT2D eigenvalue weighted by Gasteiger charge is -2.24. The molecule has 2 heterocycles. The topological polar surface area (TPSA) is 96.1 Å². The van der Waals surface area contributed by atoms with E-state index in [1.165, 1.54) is 7.11 Å². The largest absolute Gasteiger partial charge is 0.465 e. The van der Waals surface area contributed by atoms with Crippen molar-refractivity contribution in [3.63, 3.8) is 0 Å². The third-order valence-corrected chi connectivity index (χ3v) is 4.52. The number of ether oxygens (including phenoxy) is 2. The highest BCUT2D eigenvalue weighted by molar-refractivity contribution is 5.89. The number of benzene rings is 2. The van der Waals surface area contributed by atoms with Crippen LogP contribution in [0.25, 0.3) is 0 Å². The Kier molecular flexibility index (Phi) is 5.75. The number of H-pyrrole nitrogens is 2. The quantitative estimate of drug-likeness (QED) is 0.433. The lowest BCUT2D eigenvalue weighted by molar-refractivity contribution is 0.0600. The van der Waals surface area contributed by atoms with Crippen LogP contribution in [0.4, 0.5) is 5.69 Å². The van der Waals surface area contributed by atoms with Gasteiger partial charge >= 0.3 is 5.97 Å². The number of anilines is 1. The van der Waals surface area contributed by atoms with Gasteiger partial charge in [0.2, 0.25) is 0 Å². The fourth-order valence-corrected chi connectivity index (χ4v) is 3.06. The molecule has 0 aliphatic rings. The summed E-state index contributed by atoms with van der Waals surface area (Å²) >= 11 is 0. The summed E-state index contributed by atoms with van der Waals surface area (Å²) in [6, 6.07) is 14.7. The molecular formula is C22H21N5O3. The molecule has 30 heavy (non-hydrogen) atoms. The van der Waals surface area contributed by atoms with Gasteiger partial charge in [0.1, 0.15) is 11.5 Å². The van der Waals surface area contributed by atoms with Crippen molar-refractivity contribution in [1.29, 1.82) is 0 Å². The number of imidazole rings is 2. The molecule has 0 saturated heterocycles. The molecule has 8 heteroatoms. The SMILES string of the molecule is COC(=O)c1cccc(Oc2ccc(N(Cc3cnc[nH]3)Cc3cnc[nH]3)cc2)c1. The van der Waals surface area contributed by atoms with Gasteiger partial charge in [-0.2, -0.15) is 0 Å². The van der Waals surface area contributed by atoms with Crippen molar-refractivity contribution in [2.24, 2.45) is 0 Å². The molecule has 2 aromatic heterocycles. The molecule has 0 fully saturated rings. The summed E-state index contributed by atoms with van der Waals surface area (Å²) in [5.74, 6) is 0.838. The molecule has 0 radical (unpaired) electrons. The number of aromatic amines is 2. The molecule has 2 aromatic carbocycles. The number of carbonyl (C=O) groups is 1. The number of nitrogens with one attached hydrogen (secondary N) is 2. The highest BCUT2D eigenvalue weighted by Gasteiger charge is 2.11. The van der Waals surface area contributed by atoms with E-state index in [0.29, 0.717) is 30.2 Å². The standard InChI is InChI=1S/C22H21N5O3/c1-29-22(28)16-3-2-4-21(9-16)30-20-7-5-19(6-8-20)27(12-17-10-23-14-25-17)13-18-11-24-15-26-18/h2-11,14-15H,12-13H2,1H3,(H,23,25)(H,24,26). The van der Waals surface area contributed by atoms with Gasteiger partial charge in [-0.15, -0.1) is 0 Å². The van der Waals surface area contributed by atoms with E-state index in [2.05, 4.69) is 24.8 Å². The zero-order chi connectivity index (χ0) is 20.8. The van der Waals surface area contributed by atoms with E-state index in [1.54, 1.807) is 36.9 Å². The number of esters is 1. The molecule has 152 valence electrons. The molecule has 0 bridgehead atoms. The van der Waals surface area contributed by atoms with Crippen LogP contribution in [-0.2, 0) is 17.8 Å². The van der Waals surface area contributed by atoms with Crippen LogP contribution in [0.15, 0.2) is 73.6 Å². The summed E-state index contributed by atoms with van der Waals surface area (Å²) in [4.78, 5) is 28.4. The maximum absolute atomic E-state index is 11.7. The Hall–Kier alpha value is -4.07. The fourth-order valence-electron chi connectivity index (χ4n) is 3.06. The smallest absolute Gasteiger partial charge is 0.337 e. The molecule has 0 unspecified atom stereocenters. The van der Waals surface area contributed by atoms with Crippen molar-refractivity contribution in [2.75, 3.05) is 12.0 Å². The van der Waals surface area contributed by atoms with Crippen molar-refractivity contribution in [3.8, 4) is 11.5 Å². The number of methoxy groups -OCH3 is 1. The number of nitrogens with zero attached hydrogens (tertiary/aromatic N) is 3. The van der Waals surface area contributed by atoms with Gasteiger partial charge in [0.15, 0.2) is 0 Å². The van der Waals surface area contributed by atoms with Crippen molar-refractivity contribution in [3.05, 3.63) is 90.5 Å². The third-order valence-electron chi connectivity index (χ3n) is 4.52. The van der Waals surface area contributed by atoms with Crippen LogP contribution in [0.1, 0.15) is 21.7 Å². The average molecular weight is 403 g/mol. The Balaban J connectivity index is 1.50. The van der Waals surface area contributed by atoms with Gasteiger partial charge in [-0.1, -0.05) is 6.07 Å². The van der Waals surface area contributed by atoms with Crippen molar-refractivity contribution in [2.45, 2.75) is 13.1 Å². The third kappa shape index (κ3) is 4.67. The number of hydrogen-bond donors (Lipinski definition) is 2. The molecule has 0 aliphatic heterocycles. The van der Waals surface area contributed by atoms with Gasteiger partial charge in [-0.05, 0) is 42.5 Å². The zero-order valence-corrected chi connectivity index (χ0v) is 16.4. The van der Waals surface area contributed by atoms with Gasteiger partial charge < -0.3 is 24.3 Å². The van der Waals surface area contributed by atoms with Crippen LogP contribution < -0.4 is 9.64 Å². The summed E-state index contributed by atoms with van der Waals surface area (Å²) in [5, 5.41) is 0. The number of carbonyl (C=O) groups excluding carboxylic acids is 1.